The summed E-state index contributed by atoms with van der Waals surface area (Å²) >= 11 is 1.46. The lowest BCUT2D eigenvalue weighted by Crippen LogP contribution is -2.10. The molecular weight excluding hydrogens is 224 g/mol. The molecule has 0 aliphatic heterocycles. The standard InChI is InChI=1S/C11H16N2O2S/c1-3-7-5-8(7)13-10-9(12-6-16-10)11(14)15-4-2/h6-8,13H,3-5H2,1-2H3. The average molecular weight is 240 g/mol. The Labute approximate surface area is 99.0 Å². The van der Waals surface area contributed by atoms with Gasteiger partial charge in [-0.1, -0.05) is 13.3 Å². The summed E-state index contributed by atoms with van der Waals surface area (Å²) in [6.07, 6.45) is 2.38. The molecule has 0 radical (unpaired) electrons. The van der Waals surface area contributed by atoms with E-state index in [-0.39, 0.29) is 5.97 Å². The Kier molecular flexibility index (Phi) is 3.43. The van der Waals surface area contributed by atoms with Gasteiger partial charge < -0.3 is 10.1 Å². The number of carbonyl (C=O) groups excluding carboxylic acids is 1. The Morgan fingerprint density at radius 2 is 2.50 bits per heavy atom. The molecule has 2 rings (SSSR count). The number of ether oxygens (including phenoxy) is 1. The van der Waals surface area contributed by atoms with Crippen LogP contribution in [0.4, 0.5) is 5.00 Å². The van der Waals surface area contributed by atoms with Gasteiger partial charge in [0.25, 0.3) is 0 Å². The molecule has 0 aromatic carbocycles. The SMILES string of the molecule is CCOC(=O)c1ncsc1NC1CC1CC. The Morgan fingerprint density at radius 3 is 3.12 bits per heavy atom. The van der Waals surface area contributed by atoms with Crippen molar-refractivity contribution < 1.29 is 9.53 Å². The summed E-state index contributed by atoms with van der Waals surface area (Å²) in [5.74, 6) is 0.414. The van der Waals surface area contributed by atoms with Crippen LogP contribution in [0.1, 0.15) is 37.2 Å². The first-order chi connectivity index (χ1) is 7.76. The molecule has 0 amide bonds. The molecule has 88 valence electrons. The van der Waals surface area contributed by atoms with Gasteiger partial charge in [0.15, 0.2) is 5.69 Å². The molecule has 1 N–H and O–H groups in total. The summed E-state index contributed by atoms with van der Waals surface area (Å²) in [6.45, 7) is 4.37. The highest BCUT2D eigenvalue weighted by molar-refractivity contribution is 7.14. The highest BCUT2D eigenvalue weighted by Gasteiger charge is 2.36. The number of esters is 1. The van der Waals surface area contributed by atoms with Crippen LogP contribution in [0.25, 0.3) is 0 Å². The van der Waals surface area contributed by atoms with Crippen molar-refractivity contribution in [3.05, 3.63) is 11.2 Å². The molecule has 2 unspecified atom stereocenters. The molecular formula is C11H16N2O2S. The Hall–Kier alpha value is -1.10. The number of anilines is 1. The number of hydrogen-bond acceptors (Lipinski definition) is 5. The lowest BCUT2D eigenvalue weighted by molar-refractivity contribution is 0.0521. The minimum atomic E-state index is -0.333. The zero-order chi connectivity index (χ0) is 11.5. The van der Waals surface area contributed by atoms with Crippen LogP contribution >= 0.6 is 11.3 Å². The summed E-state index contributed by atoms with van der Waals surface area (Å²) in [5.41, 5.74) is 2.10. The minimum Gasteiger partial charge on any atom is -0.461 e. The zero-order valence-corrected chi connectivity index (χ0v) is 10.3. The van der Waals surface area contributed by atoms with Crippen LogP contribution in [0.5, 0.6) is 0 Å². The van der Waals surface area contributed by atoms with Crippen molar-refractivity contribution in [2.45, 2.75) is 32.7 Å². The predicted octanol–water partition coefficient (Wildman–Crippen LogP) is 2.53. The average Bonchev–Trinajstić information content (AvgIpc) is 2.85. The van der Waals surface area contributed by atoms with E-state index in [0.717, 1.165) is 10.9 Å². The Bertz CT molecular complexity index is 378. The summed E-state index contributed by atoms with van der Waals surface area (Å²) < 4.78 is 4.95. The number of nitrogens with zero attached hydrogens (tertiary/aromatic N) is 1. The van der Waals surface area contributed by atoms with Crippen molar-refractivity contribution in [2.75, 3.05) is 11.9 Å². The van der Waals surface area contributed by atoms with Crippen LogP contribution in [-0.4, -0.2) is 23.6 Å². The van der Waals surface area contributed by atoms with Crippen LogP contribution in [0.15, 0.2) is 5.51 Å². The van der Waals surface area contributed by atoms with Crippen molar-refractivity contribution in [1.82, 2.24) is 4.98 Å². The van der Waals surface area contributed by atoms with E-state index in [1.54, 1.807) is 12.4 Å². The fraction of sp³-hybridized carbons (Fsp3) is 0.636. The Morgan fingerprint density at radius 1 is 1.69 bits per heavy atom. The molecule has 1 heterocycles. The van der Waals surface area contributed by atoms with Gasteiger partial charge in [0.1, 0.15) is 5.00 Å². The van der Waals surface area contributed by atoms with Gasteiger partial charge in [0, 0.05) is 6.04 Å². The molecule has 1 aliphatic rings. The van der Waals surface area contributed by atoms with E-state index in [9.17, 15) is 4.79 Å². The monoisotopic (exact) mass is 240 g/mol. The summed E-state index contributed by atoms with van der Waals surface area (Å²) in [4.78, 5) is 15.6. The molecule has 4 nitrogen and oxygen atoms in total. The molecule has 1 aromatic heterocycles. The second-order valence-electron chi connectivity index (χ2n) is 3.91. The summed E-state index contributed by atoms with van der Waals surface area (Å²) in [6, 6.07) is 0.513. The number of hydrogen-bond donors (Lipinski definition) is 1. The molecule has 1 aromatic rings. The van der Waals surface area contributed by atoms with Gasteiger partial charge in [-0.15, -0.1) is 11.3 Å². The maximum atomic E-state index is 11.6. The number of aromatic nitrogens is 1. The molecule has 2 atom stereocenters. The quantitative estimate of drug-likeness (QED) is 0.803. The number of carbonyl (C=O) groups is 1. The third-order valence-corrected chi connectivity index (χ3v) is 3.56. The van der Waals surface area contributed by atoms with Crippen LogP contribution in [0, 0.1) is 5.92 Å². The van der Waals surface area contributed by atoms with Crippen LogP contribution < -0.4 is 5.32 Å². The van der Waals surface area contributed by atoms with E-state index in [0.29, 0.717) is 18.3 Å². The minimum absolute atomic E-state index is 0.333. The van der Waals surface area contributed by atoms with E-state index in [2.05, 4.69) is 17.2 Å². The number of thiazole rings is 1. The fourth-order valence-electron chi connectivity index (χ4n) is 1.74. The molecule has 1 fully saturated rings. The highest BCUT2D eigenvalue weighted by Crippen LogP contribution is 2.37. The molecule has 5 heteroatoms. The molecule has 0 bridgehead atoms. The lowest BCUT2D eigenvalue weighted by Gasteiger charge is -2.04. The number of rotatable bonds is 5. The molecule has 1 aliphatic carbocycles. The predicted molar refractivity (Wildman–Crippen MR) is 63.9 cm³/mol. The third-order valence-electron chi connectivity index (χ3n) is 2.80. The van der Waals surface area contributed by atoms with E-state index in [4.69, 9.17) is 4.74 Å². The van der Waals surface area contributed by atoms with Gasteiger partial charge in [0.2, 0.25) is 0 Å². The van der Waals surface area contributed by atoms with E-state index < -0.39 is 0 Å². The van der Waals surface area contributed by atoms with E-state index in [1.807, 2.05) is 0 Å². The highest BCUT2D eigenvalue weighted by atomic mass is 32.1. The second-order valence-corrected chi connectivity index (χ2v) is 4.76. The second kappa shape index (κ2) is 4.82. The van der Waals surface area contributed by atoms with Crippen molar-refractivity contribution in [1.29, 1.82) is 0 Å². The van der Waals surface area contributed by atoms with Crippen molar-refractivity contribution in [3.8, 4) is 0 Å². The van der Waals surface area contributed by atoms with Gasteiger partial charge in [-0.2, -0.15) is 0 Å². The van der Waals surface area contributed by atoms with Gasteiger partial charge in [0.05, 0.1) is 12.1 Å². The molecule has 16 heavy (non-hydrogen) atoms. The fourth-order valence-corrected chi connectivity index (χ4v) is 2.47. The first-order valence-electron chi connectivity index (χ1n) is 5.63. The topological polar surface area (TPSA) is 51.2 Å². The largest absolute Gasteiger partial charge is 0.461 e. The van der Waals surface area contributed by atoms with E-state index in [1.165, 1.54) is 24.2 Å². The summed E-state index contributed by atoms with van der Waals surface area (Å²) in [5, 5.41) is 4.21. The molecule has 1 saturated carbocycles. The first kappa shape index (κ1) is 11.4. The van der Waals surface area contributed by atoms with E-state index >= 15 is 0 Å². The van der Waals surface area contributed by atoms with Crippen LogP contribution in [0.2, 0.25) is 0 Å². The van der Waals surface area contributed by atoms with Crippen LogP contribution in [0.3, 0.4) is 0 Å². The molecule has 0 spiro atoms. The molecule has 0 saturated heterocycles. The normalized spacial score (nSPS) is 22.9. The van der Waals surface area contributed by atoms with Crippen molar-refractivity contribution >= 4 is 22.3 Å². The maximum absolute atomic E-state index is 11.6. The maximum Gasteiger partial charge on any atom is 0.360 e. The van der Waals surface area contributed by atoms with Gasteiger partial charge in [-0.25, -0.2) is 9.78 Å². The third kappa shape index (κ3) is 2.35. The van der Waals surface area contributed by atoms with Gasteiger partial charge >= 0.3 is 5.97 Å². The zero-order valence-electron chi connectivity index (χ0n) is 9.53. The van der Waals surface area contributed by atoms with Crippen molar-refractivity contribution in [3.63, 3.8) is 0 Å². The summed E-state index contributed by atoms with van der Waals surface area (Å²) in [7, 11) is 0. The smallest absolute Gasteiger partial charge is 0.360 e. The number of nitrogens with one attached hydrogen (secondary N) is 1. The van der Waals surface area contributed by atoms with Gasteiger partial charge in [-0.3, -0.25) is 0 Å². The van der Waals surface area contributed by atoms with Crippen molar-refractivity contribution in [2.24, 2.45) is 5.92 Å². The lowest BCUT2D eigenvalue weighted by atomic mass is 10.3. The van der Waals surface area contributed by atoms with Gasteiger partial charge in [-0.05, 0) is 19.3 Å². The first-order valence-corrected chi connectivity index (χ1v) is 6.51. The Balaban J connectivity index is 1.99. The van der Waals surface area contributed by atoms with Crippen LogP contribution in [-0.2, 0) is 4.74 Å².